The SMILES string of the molecule is CCNCc1ccc(-c2ccnc(C)c2)cc1Cl. The van der Waals surface area contributed by atoms with Gasteiger partial charge in [-0.3, -0.25) is 4.98 Å². The lowest BCUT2D eigenvalue weighted by Crippen LogP contribution is -2.11. The zero-order chi connectivity index (χ0) is 13.0. The smallest absolute Gasteiger partial charge is 0.0457 e. The second-order valence-corrected chi connectivity index (χ2v) is 4.68. The predicted molar refractivity (Wildman–Crippen MR) is 76.8 cm³/mol. The van der Waals surface area contributed by atoms with Crippen molar-refractivity contribution in [3.63, 3.8) is 0 Å². The summed E-state index contributed by atoms with van der Waals surface area (Å²) >= 11 is 6.30. The standard InChI is InChI=1S/C15H17ClN2/c1-3-17-10-14-5-4-12(9-15(14)16)13-6-7-18-11(2)8-13/h4-9,17H,3,10H2,1-2H3. The molecule has 0 bridgehead atoms. The number of benzene rings is 1. The van der Waals surface area contributed by atoms with E-state index in [9.17, 15) is 0 Å². The summed E-state index contributed by atoms with van der Waals surface area (Å²) < 4.78 is 0. The highest BCUT2D eigenvalue weighted by atomic mass is 35.5. The third-order valence-corrected chi connectivity index (χ3v) is 3.20. The van der Waals surface area contributed by atoms with Crippen molar-refractivity contribution in [1.29, 1.82) is 0 Å². The third kappa shape index (κ3) is 3.09. The fourth-order valence-corrected chi connectivity index (χ4v) is 2.10. The lowest BCUT2D eigenvalue weighted by atomic mass is 10.0. The van der Waals surface area contributed by atoms with Gasteiger partial charge in [-0.1, -0.05) is 30.7 Å². The van der Waals surface area contributed by atoms with Crippen molar-refractivity contribution in [2.24, 2.45) is 0 Å². The van der Waals surface area contributed by atoms with Crippen molar-refractivity contribution in [2.75, 3.05) is 6.54 Å². The monoisotopic (exact) mass is 260 g/mol. The number of nitrogens with one attached hydrogen (secondary N) is 1. The molecule has 2 rings (SSSR count). The fourth-order valence-electron chi connectivity index (χ4n) is 1.86. The highest BCUT2D eigenvalue weighted by Crippen LogP contribution is 2.25. The van der Waals surface area contributed by atoms with E-state index >= 15 is 0 Å². The lowest BCUT2D eigenvalue weighted by Gasteiger charge is -2.08. The molecule has 0 aliphatic heterocycles. The van der Waals surface area contributed by atoms with E-state index in [1.165, 1.54) is 0 Å². The van der Waals surface area contributed by atoms with Crippen LogP contribution in [0.2, 0.25) is 5.02 Å². The maximum Gasteiger partial charge on any atom is 0.0457 e. The van der Waals surface area contributed by atoms with Crippen LogP contribution in [0.15, 0.2) is 36.5 Å². The molecule has 0 saturated carbocycles. The Hall–Kier alpha value is -1.38. The Labute approximate surface area is 113 Å². The number of hydrogen-bond donors (Lipinski definition) is 1. The van der Waals surface area contributed by atoms with Crippen molar-refractivity contribution >= 4 is 11.6 Å². The maximum atomic E-state index is 6.30. The summed E-state index contributed by atoms with van der Waals surface area (Å²) in [5.74, 6) is 0. The molecule has 0 aliphatic rings. The summed E-state index contributed by atoms with van der Waals surface area (Å²) in [6.45, 7) is 5.83. The van der Waals surface area contributed by atoms with E-state index in [1.807, 2.05) is 25.3 Å². The van der Waals surface area contributed by atoms with Crippen LogP contribution in [-0.2, 0) is 6.54 Å². The van der Waals surface area contributed by atoms with Gasteiger partial charge in [-0.15, -0.1) is 0 Å². The summed E-state index contributed by atoms with van der Waals surface area (Å²) in [7, 11) is 0. The second kappa shape index (κ2) is 5.98. The third-order valence-electron chi connectivity index (χ3n) is 2.85. The fraction of sp³-hybridized carbons (Fsp3) is 0.267. The van der Waals surface area contributed by atoms with Gasteiger partial charge in [0, 0.05) is 23.5 Å². The largest absolute Gasteiger partial charge is 0.313 e. The first-order valence-electron chi connectivity index (χ1n) is 6.13. The van der Waals surface area contributed by atoms with E-state index in [-0.39, 0.29) is 0 Å². The van der Waals surface area contributed by atoms with Crippen molar-refractivity contribution in [3.05, 3.63) is 52.8 Å². The van der Waals surface area contributed by atoms with Crippen LogP contribution in [0.5, 0.6) is 0 Å². The minimum absolute atomic E-state index is 0.808. The second-order valence-electron chi connectivity index (χ2n) is 4.27. The average molecular weight is 261 g/mol. The first-order chi connectivity index (χ1) is 8.70. The number of nitrogens with zero attached hydrogens (tertiary/aromatic N) is 1. The molecule has 2 nitrogen and oxygen atoms in total. The molecular formula is C15H17ClN2. The zero-order valence-corrected chi connectivity index (χ0v) is 11.5. The van der Waals surface area contributed by atoms with Gasteiger partial charge in [0.15, 0.2) is 0 Å². The summed E-state index contributed by atoms with van der Waals surface area (Å²) in [5.41, 5.74) is 4.43. The van der Waals surface area contributed by atoms with Gasteiger partial charge in [-0.25, -0.2) is 0 Å². The summed E-state index contributed by atoms with van der Waals surface area (Å²) in [6, 6.07) is 10.3. The van der Waals surface area contributed by atoms with Gasteiger partial charge >= 0.3 is 0 Å². The van der Waals surface area contributed by atoms with Crippen LogP contribution in [0.25, 0.3) is 11.1 Å². The minimum Gasteiger partial charge on any atom is -0.313 e. The number of aryl methyl sites for hydroxylation is 1. The Morgan fingerprint density at radius 2 is 1.94 bits per heavy atom. The zero-order valence-electron chi connectivity index (χ0n) is 10.7. The van der Waals surface area contributed by atoms with Crippen molar-refractivity contribution in [3.8, 4) is 11.1 Å². The Kier molecular flexibility index (Phi) is 4.34. The number of rotatable bonds is 4. The van der Waals surface area contributed by atoms with Crippen LogP contribution < -0.4 is 5.32 Å². The highest BCUT2D eigenvalue weighted by Gasteiger charge is 2.03. The molecule has 0 radical (unpaired) electrons. The summed E-state index contributed by atoms with van der Waals surface area (Å²) in [4.78, 5) is 4.20. The van der Waals surface area contributed by atoms with E-state index in [0.29, 0.717) is 0 Å². The highest BCUT2D eigenvalue weighted by molar-refractivity contribution is 6.31. The van der Waals surface area contributed by atoms with Gasteiger partial charge < -0.3 is 5.32 Å². The molecule has 0 spiro atoms. The van der Waals surface area contributed by atoms with Gasteiger partial charge in [0.2, 0.25) is 0 Å². The molecule has 0 amide bonds. The van der Waals surface area contributed by atoms with E-state index in [4.69, 9.17) is 11.6 Å². The molecule has 0 saturated heterocycles. The molecule has 1 aromatic heterocycles. The average Bonchev–Trinajstić information content (AvgIpc) is 2.37. The Balaban J connectivity index is 2.28. The van der Waals surface area contributed by atoms with Crippen LogP contribution in [0.1, 0.15) is 18.2 Å². The molecule has 2 aromatic rings. The number of halogens is 1. The van der Waals surface area contributed by atoms with E-state index in [2.05, 4.69) is 35.4 Å². The molecule has 1 N–H and O–H groups in total. The molecule has 3 heteroatoms. The minimum atomic E-state index is 0.808. The number of hydrogen-bond acceptors (Lipinski definition) is 2. The lowest BCUT2D eigenvalue weighted by molar-refractivity contribution is 0.727. The Morgan fingerprint density at radius 3 is 2.61 bits per heavy atom. The van der Waals surface area contributed by atoms with Crippen molar-refractivity contribution < 1.29 is 0 Å². The molecule has 0 atom stereocenters. The molecule has 18 heavy (non-hydrogen) atoms. The molecule has 1 heterocycles. The van der Waals surface area contributed by atoms with Crippen LogP contribution in [0, 0.1) is 6.92 Å². The normalized spacial score (nSPS) is 10.6. The van der Waals surface area contributed by atoms with Gasteiger partial charge in [0.05, 0.1) is 0 Å². The van der Waals surface area contributed by atoms with E-state index in [0.717, 1.165) is 40.5 Å². The van der Waals surface area contributed by atoms with E-state index < -0.39 is 0 Å². The molecule has 0 aliphatic carbocycles. The van der Waals surface area contributed by atoms with Gasteiger partial charge in [-0.05, 0) is 48.4 Å². The first-order valence-corrected chi connectivity index (χ1v) is 6.50. The topological polar surface area (TPSA) is 24.9 Å². The summed E-state index contributed by atoms with van der Waals surface area (Å²) in [5, 5.41) is 4.09. The van der Waals surface area contributed by atoms with E-state index in [1.54, 1.807) is 0 Å². The molecule has 0 fully saturated rings. The van der Waals surface area contributed by atoms with Crippen molar-refractivity contribution in [1.82, 2.24) is 10.3 Å². The van der Waals surface area contributed by atoms with Gasteiger partial charge in [0.25, 0.3) is 0 Å². The first kappa shape index (κ1) is 13.1. The number of aromatic nitrogens is 1. The molecule has 0 unspecified atom stereocenters. The van der Waals surface area contributed by atoms with Crippen molar-refractivity contribution in [2.45, 2.75) is 20.4 Å². The van der Waals surface area contributed by atoms with Gasteiger partial charge in [-0.2, -0.15) is 0 Å². The van der Waals surface area contributed by atoms with Crippen LogP contribution in [0.3, 0.4) is 0 Å². The van der Waals surface area contributed by atoms with Gasteiger partial charge in [0.1, 0.15) is 0 Å². The van der Waals surface area contributed by atoms with Crippen LogP contribution >= 0.6 is 11.6 Å². The Bertz CT molecular complexity index is 538. The summed E-state index contributed by atoms with van der Waals surface area (Å²) in [6.07, 6.45) is 1.82. The van der Waals surface area contributed by atoms with Crippen LogP contribution in [-0.4, -0.2) is 11.5 Å². The van der Waals surface area contributed by atoms with Crippen LogP contribution in [0.4, 0.5) is 0 Å². The molecule has 94 valence electrons. The molecule has 1 aromatic carbocycles. The number of pyridine rings is 1. The molecular weight excluding hydrogens is 244 g/mol. The Morgan fingerprint density at radius 1 is 1.17 bits per heavy atom. The maximum absolute atomic E-state index is 6.30. The predicted octanol–water partition coefficient (Wildman–Crippen LogP) is 3.82. The quantitative estimate of drug-likeness (QED) is 0.904.